The molecule has 0 aromatic rings. The van der Waals surface area contributed by atoms with Crippen molar-refractivity contribution in [2.75, 3.05) is 19.8 Å². The highest BCUT2D eigenvalue weighted by Crippen LogP contribution is 2.30. The maximum atomic E-state index is 13.3. The lowest BCUT2D eigenvalue weighted by atomic mass is 9.97. The van der Waals surface area contributed by atoms with E-state index in [9.17, 15) is 45.6 Å². The molecule has 81 heavy (non-hydrogen) atoms. The fourth-order valence-electron chi connectivity index (χ4n) is 11.1. The van der Waals surface area contributed by atoms with Gasteiger partial charge in [0.05, 0.1) is 32.0 Å². The van der Waals surface area contributed by atoms with Gasteiger partial charge in [-0.2, -0.15) is 0 Å². The Morgan fingerprint density at radius 1 is 0.432 bits per heavy atom. The van der Waals surface area contributed by atoms with Crippen LogP contribution in [-0.4, -0.2) is 140 Å². The number of allylic oxidation sites excluding steroid dienone is 5. The summed E-state index contributed by atoms with van der Waals surface area (Å²) in [6, 6.07) is -0.929. The summed E-state index contributed by atoms with van der Waals surface area (Å²) in [5, 5.41) is 87.1. The van der Waals surface area contributed by atoms with Crippen LogP contribution in [-0.2, 0) is 23.7 Å². The Bertz CT molecular complexity index is 1500. The highest BCUT2D eigenvalue weighted by Gasteiger charge is 2.51. The molecule has 2 saturated heterocycles. The molecule has 0 aromatic heterocycles. The lowest BCUT2D eigenvalue weighted by Gasteiger charge is -2.46. The summed E-state index contributed by atoms with van der Waals surface area (Å²) in [4.78, 5) is 13.3. The molecule has 12 unspecified atom stereocenters. The van der Waals surface area contributed by atoms with Gasteiger partial charge in [-0.15, -0.1) is 0 Å². The SMILES string of the molecule is CCCCCCCCCC/C=C\CCCCCCCCCCCCCCCCCCCCCCCC(=O)NC(COC1OC(CO)C(OC2OC(CO)C(O)C(O)C2O)C(O)C1O)C(O)/C=C/CC/C=C/CCCCCCCCCC. The lowest BCUT2D eigenvalue weighted by molar-refractivity contribution is -0.359. The van der Waals surface area contributed by atoms with E-state index in [2.05, 4.69) is 43.5 Å². The first-order chi connectivity index (χ1) is 39.6. The Balaban J connectivity index is 1.62. The Morgan fingerprint density at radius 3 is 1.21 bits per heavy atom. The van der Waals surface area contributed by atoms with Crippen LogP contribution < -0.4 is 5.32 Å². The van der Waals surface area contributed by atoms with E-state index in [0.29, 0.717) is 12.8 Å². The molecular weight excluding hydrogens is 1030 g/mol. The maximum Gasteiger partial charge on any atom is 0.220 e. The van der Waals surface area contributed by atoms with Crippen LogP contribution in [0.3, 0.4) is 0 Å². The highest BCUT2D eigenvalue weighted by atomic mass is 16.7. The summed E-state index contributed by atoms with van der Waals surface area (Å²) in [5.41, 5.74) is 0. The van der Waals surface area contributed by atoms with E-state index in [1.54, 1.807) is 6.08 Å². The van der Waals surface area contributed by atoms with Gasteiger partial charge in [-0.25, -0.2) is 0 Å². The molecule has 0 spiro atoms. The van der Waals surface area contributed by atoms with E-state index in [-0.39, 0.29) is 18.9 Å². The van der Waals surface area contributed by atoms with E-state index in [1.165, 1.54) is 225 Å². The predicted molar refractivity (Wildman–Crippen MR) is 328 cm³/mol. The van der Waals surface area contributed by atoms with Gasteiger partial charge in [-0.1, -0.05) is 262 Å². The van der Waals surface area contributed by atoms with Gasteiger partial charge in [0, 0.05) is 6.42 Å². The van der Waals surface area contributed by atoms with Crippen molar-refractivity contribution in [2.24, 2.45) is 0 Å². The second-order valence-electron chi connectivity index (χ2n) is 23.9. The van der Waals surface area contributed by atoms with Crippen molar-refractivity contribution < 1.29 is 64.6 Å². The fraction of sp³-hybridized carbons (Fsp3) is 0.896. The zero-order chi connectivity index (χ0) is 58.8. The van der Waals surface area contributed by atoms with Gasteiger partial charge >= 0.3 is 0 Å². The van der Waals surface area contributed by atoms with Crippen molar-refractivity contribution in [3.05, 3.63) is 36.5 Å². The Kier molecular flexibility index (Phi) is 48.8. The molecule has 12 atom stereocenters. The monoisotopic (exact) mass is 1150 g/mol. The molecule has 9 N–H and O–H groups in total. The van der Waals surface area contributed by atoms with Gasteiger partial charge in [0.1, 0.15) is 48.8 Å². The van der Waals surface area contributed by atoms with E-state index in [0.717, 1.165) is 32.1 Å². The van der Waals surface area contributed by atoms with Crippen molar-refractivity contribution in [3.63, 3.8) is 0 Å². The second kappa shape index (κ2) is 52.5. The number of hydrogen-bond donors (Lipinski definition) is 9. The molecule has 2 heterocycles. The molecule has 0 aromatic carbocycles. The molecule has 14 nitrogen and oxygen atoms in total. The number of carbonyl (C=O) groups excluding carboxylic acids is 1. The zero-order valence-corrected chi connectivity index (χ0v) is 51.5. The topological polar surface area (TPSA) is 228 Å². The number of amides is 1. The van der Waals surface area contributed by atoms with Crippen LogP contribution in [0.5, 0.6) is 0 Å². The third-order valence-corrected chi connectivity index (χ3v) is 16.5. The molecule has 476 valence electrons. The largest absolute Gasteiger partial charge is 0.394 e. The first-order valence-corrected chi connectivity index (χ1v) is 33.7. The first kappa shape index (κ1) is 75.3. The number of rotatable bonds is 55. The number of nitrogens with one attached hydrogen (secondary N) is 1. The number of ether oxygens (including phenoxy) is 4. The van der Waals surface area contributed by atoms with Crippen molar-refractivity contribution >= 4 is 5.91 Å². The summed E-state index contributed by atoms with van der Waals surface area (Å²) in [6.45, 7) is 2.80. The van der Waals surface area contributed by atoms with Crippen molar-refractivity contribution in [1.82, 2.24) is 5.32 Å². The fourth-order valence-corrected chi connectivity index (χ4v) is 11.1. The molecule has 0 saturated carbocycles. The summed E-state index contributed by atoms with van der Waals surface area (Å²) in [7, 11) is 0. The predicted octanol–water partition coefficient (Wildman–Crippen LogP) is 13.0. The van der Waals surface area contributed by atoms with Gasteiger partial charge in [0.15, 0.2) is 12.6 Å². The maximum absolute atomic E-state index is 13.3. The summed E-state index contributed by atoms with van der Waals surface area (Å²) >= 11 is 0. The molecule has 2 rings (SSSR count). The third-order valence-electron chi connectivity index (χ3n) is 16.5. The normalized spacial score (nSPS) is 24.3. The Labute approximate surface area is 493 Å². The Morgan fingerprint density at radius 2 is 0.790 bits per heavy atom. The third kappa shape index (κ3) is 37.4. The van der Waals surface area contributed by atoms with Gasteiger partial charge in [0.2, 0.25) is 5.91 Å². The highest BCUT2D eigenvalue weighted by molar-refractivity contribution is 5.76. The molecule has 1 amide bonds. The standard InChI is InChI=1S/C67H125NO13/c1-3-5-7-9-11-13-15-17-19-20-21-22-23-24-25-26-27-28-29-30-31-32-33-34-35-36-37-39-41-43-45-47-49-51-59(72)68-55(56(71)50-48-46-44-42-40-38-18-16-14-12-10-8-6-4-2)54-78-66-64(77)62(75)65(58(53-70)80-66)81-67-63(76)61(74)60(73)57(52-69)79-67/h20-21,40,42,48,50,55-58,60-67,69-71,73-77H,3-19,22-39,41,43-47,49,51-54H2,1-2H3,(H,68,72)/b21-20-,42-40+,50-48+. The van der Waals surface area contributed by atoms with E-state index < -0.39 is 86.8 Å². The van der Waals surface area contributed by atoms with Gasteiger partial charge in [-0.3, -0.25) is 4.79 Å². The van der Waals surface area contributed by atoms with Crippen LogP contribution in [0, 0.1) is 0 Å². The summed E-state index contributed by atoms with van der Waals surface area (Å²) in [5.74, 6) is -0.245. The van der Waals surface area contributed by atoms with E-state index >= 15 is 0 Å². The minimum atomic E-state index is -1.79. The summed E-state index contributed by atoms with van der Waals surface area (Å²) in [6.07, 6.45) is 49.4. The van der Waals surface area contributed by atoms with Crippen LogP contribution in [0.25, 0.3) is 0 Å². The van der Waals surface area contributed by atoms with Crippen molar-refractivity contribution in [1.29, 1.82) is 0 Å². The first-order valence-electron chi connectivity index (χ1n) is 33.7. The number of unbranched alkanes of at least 4 members (excludes halogenated alkanes) is 38. The van der Waals surface area contributed by atoms with E-state index in [1.807, 2.05) is 6.08 Å². The minimum absolute atomic E-state index is 0.245. The average molecular weight is 1150 g/mol. The summed E-state index contributed by atoms with van der Waals surface area (Å²) < 4.78 is 22.8. The second-order valence-corrected chi connectivity index (χ2v) is 23.9. The average Bonchev–Trinajstić information content (AvgIpc) is 3.47. The van der Waals surface area contributed by atoms with Crippen molar-refractivity contribution in [3.8, 4) is 0 Å². The van der Waals surface area contributed by atoms with Crippen LogP contribution in [0.15, 0.2) is 36.5 Å². The van der Waals surface area contributed by atoms with Gasteiger partial charge < -0.3 is 65.1 Å². The molecule has 14 heteroatoms. The lowest BCUT2D eigenvalue weighted by Crippen LogP contribution is -2.65. The van der Waals surface area contributed by atoms with Crippen LogP contribution in [0.4, 0.5) is 0 Å². The molecule has 0 radical (unpaired) electrons. The number of hydrogen-bond acceptors (Lipinski definition) is 13. The van der Waals surface area contributed by atoms with Crippen molar-refractivity contribution in [2.45, 2.75) is 364 Å². The molecule has 2 fully saturated rings. The molecule has 0 aliphatic carbocycles. The minimum Gasteiger partial charge on any atom is -0.394 e. The zero-order valence-electron chi connectivity index (χ0n) is 51.5. The van der Waals surface area contributed by atoms with Gasteiger partial charge in [0.25, 0.3) is 0 Å². The molecule has 2 aliphatic heterocycles. The molecule has 2 aliphatic rings. The van der Waals surface area contributed by atoms with Crippen LogP contribution >= 0.6 is 0 Å². The molecule has 0 bridgehead atoms. The van der Waals surface area contributed by atoms with E-state index in [4.69, 9.17) is 18.9 Å². The van der Waals surface area contributed by atoms with Crippen LogP contribution in [0.1, 0.15) is 290 Å². The smallest absolute Gasteiger partial charge is 0.220 e. The number of aliphatic hydroxyl groups excluding tert-OH is 8. The molecular formula is C67H125NO13. The number of carbonyl (C=O) groups is 1. The van der Waals surface area contributed by atoms with Gasteiger partial charge in [-0.05, 0) is 57.8 Å². The number of aliphatic hydroxyl groups is 8. The Hall–Kier alpha value is -1.79. The quantitative estimate of drug-likeness (QED) is 0.0204. The van der Waals surface area contributed by atoms with Crippen LogP contribution in [0.2, 0.25) is 0 Å².